The van der Waals surface area contributed by atoms with Gasteiger partial charge in [0.05, 0.1) is 11.4 Å². The summed E-state index contributed by atoms with van der Waals surface area (Å²) in [6.45, 7) is 2.86. The summed E-state index contributed by atoms with van der Waals surface area (Å²) in [7, 11) is 2.08. The quantitative estimate of drug-likeness (QED) is 0.771. The van der Waals surface area contributed by atoms with Gasteiger partial charge >= 0.3 is 0 Å². The maximum absolute atomic E-state index is 12.2. The Balaban J connectivity index is 1.89. The minimum Gasteiger partial charge on any atom is -0.296 e. The Bertz CT molecular complexity index is 410. The van der Waals surface area contributed by atoms with Crippen LogP contribution in [0.25, 0.3) is 0 Å². The molecule has 1 aliphatic carbocycles. The number of carbonyl (C=O) groups excluding carboxylic acids is 1. The predicted molar refractivity (Wildman–Crippen MR) is 80.4 cm³/mol. The molecule has 0 unspecified atom stereocenters. The molecule has 0 amide bonds. The molecule has 1 aromatic heterocycles. The van der Waals surface area contributed by atoms with E-state index in [9.17, 15) is 4.79 Å². The first-order valence-electron chi connectivity index (χ1n) is 6.54. The number of hydrogen-bond donors (Lipinski definition) is 0. The molecule has 2 nitrogen and oxygen atoms in total. The molecule has 0 atom stereocenters. The molecule has 1 aromatic rings. The van der Waals surface area contributed by atoms with Crippen LogP contribution in [-0.2, 0) is 0 Å². The van der Waals surface area contributed by atoms with Gasteiger partial charge in [-0.2, -0.15) is 0 Å². The number of carbonyl (C=O) groups is 1. The molecule has 2 rings (SSSR count). The van der Waals surface area contributed by atoms with Crippen LogP contribution in [0.1, 0.15) is 42.3 Å². The van der Waals surface area contributed by atoms with Gasteiger partial charge in [0.1, 0.15) is 0 Å². The summed E-state index contributed by atoms with van der Waals surface area (Å²) >= 11 is 4.96. The lowest BCUT2D eigenvalue weighted by atomic mass is 9.87. The lowest BCUT2D eigenvalue weighted by Crippen LogP contribution is -2.38. The van der Waals surface area contributed by atoms with Crippen molar-refractivity contribution in [3.63, 3.8) is 0 Å². The molecule has 0 bridgehead atoms. The molecule has 0 radical (unpaired) electrons. The van der Waals surface area contributed by atoms with E-state index in [1.54, 1.807) is 0 Å². The van der Waals surface area contributed by atoms with Crippen LogP contribution >= 0.6 is 27.3 Å². The Labute approximate surface area is 122 Å². The third kappa shape index (κ3) is 3.43. The van der Waals surface area contributed by atoms with E-state index in [-0.39, 0.29) is 5.78 Å². The second-order valence-corrected chi connectivity index (χ2v) is 7.12. The summed E-state index contributed by atoms with van der Waals surface area (Å²) < 4.78 is 0.933. The van der Waals surface area contributed by atoms with Gasteiger partial charge in [-0.25, -0.2) is 0 Å². The van der Waals surface area contributed by atoms with Crippen LogP contribution < -0.4 is 0 Å². The van der Waals surface area contributed by atoms with E-state index in [1.165, 1.54) is 37.0 Å². The summed E-state index contributed by atoms with van der Waals surface area (Å²) in [6.07, 6.45) is 5.06. The molecule has 100 valence electrons. The van der Waals surface area contributed by atoms with Crippen molar-refractivity contribution < 1.29 is 4.79 Å². The van der Waals surface area contributed by atoms with E-state index in [0.717, 1.165) is 15.3 Å². The van der Waals surface area contributed by atoms with Crippen LogP contribution in [0.3, 0.4) is 0 Å². The molecule has 1 fully saturated rings. The molecule has 0 saturated heterocycles. The fourth-order valence-electron chi connectivity index (χ4n) is 2.60. The van der Waals surface area contributed by atoms with E-state index in [0.29, 0.717) is 12.6 Å². The Morgan fingerprint density at radius 1 is 1.44 bits per heavy atom. The second-order valence-electron chi connectivity index (χ2n) is 5.35. The van der Waals surface area contributed by atoms with Crippen molar-refractivity contribution in [1.82, 2.24) is 4.90 Å². The number of likely N-dealkylation sites (N-methyl/N-ethyl adjacent to an activating group) is 1. The van der Waals surface area contributed by atoms with Gasteiger partial charge in [-0.3, -0.25) is 9.69 Å². The van der Waals surface area contributed by atoms with Crippen molar-refractivity contribution >= 4 is 33.0 Å². The molecule has 1 aliphatic rings. The molecule has 1 heterocycles. The fraction of sp³-hybridized carbons (Fsp3) is 0.643. The zero-order valence-electron chi connectivity index (χ0n) is 11.0. The van der Waals surface area contributed by atoms with Crippen molar-refractivity contribution in [3.8, 4) is 0 Å². The van der Waals surface area contributed by atoms with Gasteiger partial charge in [0.25, 0.3) is 0 Å². The largest absolute Gasteiger partial charge is 0.296 e. The number of hydrogen-bond acceptors (Lipinski definition) is 3. The van der Waals surface area contributed by atoms with Crippen molar-refractivity contribution in [1.29, 1.82) is 0 Å². The van der Waals surface area contributed by atoms with E-state index in [4.69, 9.17) is 0 Å². The van der Waals surface area contributed by atoms with Crippen LogP contribution in [0, 0.1) is 5.92 Å². The minimum absolute atomic E-state index is 0.234. The molecule has 0 N–H and O–H groups in total. The van der Waals surface area contributed by atoms with Crippen LogP contribution in [0.15, 0.2) is 15.9 Å². The summed E-state index contributed by atoms with van der Waals surface area (Å²) in [5.41, 5.74) is 0. The van der Waals surface area contributed by atoms with Gasteiger partial charge in [-0.15, -0.1) is 11.3 Å². The van der Waals surface area contributed by atoms with E-state index >= 15 is 0 Å². The van der Waals surface area contributed by atoms with E-state index < -0.39 is 0 Å². The van der Waals surface area contributed by atoms with Crippen LogP contribution in [0.5, 0.6) is 0 Å². The molecule has 0 aliphatic heterocycles. The zero-order valence-corrected chi connectivity index (χ0v) is 13.4. The van der Waals surface area contributed by atoms with Gasteiger partial charge < -0.3 is 0 Å². The number of thiophene rings is 1. The molecule has 0 aromatic carbocycles. The molecule has 0 spiro atoms. The Hall–Kier alpha value is -0.190. The number of Topliss-reactive ketones (excluding diaryl/α,β-unsaturated/α-hetero) is 1. The highest BCUT2D eigenvalue weighted by Crippen LogP contribution is 2.27. The monoisotopic (exact) mass is 329 g/mol. The second kappa shape index (κ2) is 6.31. The number of ketones is 1. The smallest absolute Gasteiger partial charge is 0.187 e. The number of nitrogens with zero attached hydrogens (tertiary/aromatic N) is 1. The topological polar surface area (TPSA) is 20.3 Å². The number of rotatable bonds is 4. The van der Waals surface area contributed by atoms with Gasteiger partial charge in [0.2, 0.25) is 0 Å². The standard InChI is InChI=1S/C14H20BrNOS/c1-10-3-5-11(6-4-10)16(2)9-13(17)14-12(15)7-8-18-14/h7-8,10-11H,3-6,9H2,1-2H3. The Morgan fingerprint density at radius 2 is 2.11 bits per heavy atom. The molecular formula is C14H20BrNOS. The fourth-order valence-corrected chi connectivity index (χ4v) is 4.13. The lowest BCUT2D eigenvalue weighted by molar-refractivity contribution is 0.0892. The zero-order chi connectivity index (χ0) is 13.1. The van der Waals surface area contributed by atoms with E-state index in [1.807, 2.05) is 11.4 Å². The normalized spacial score (nSPS) is 24.4. The highest BCUT2D eigenvalue weighted by atomic mass is 79.9. The average molecular weight is 330 g/mol. The van der Waals surface area contributed by atoms with Gasteiger partial charge in [0, 0.05) is 10.5 Å². The number of halogens is 1. The first kappa shape index (κ1) is 14.2. The lowest BCUT2D eigenvalue weighted by Gasteiger charge is -2.33. The SMILES string of the molecule is CC1CCC(N(C)CC(=O)c2sccc2Br)CC1. The van der Waals surface area contributed by atoms with Gasteiger partial charge in [-0.05, 0) is 66.0 Å². The van der Waals surface area contributed by atoms with Crippen LogP contribution in [0.4, 0.5) is 0 Å². The maximum Gasteiger partial charge on any atom is 0.187 e. The van der Waals surface area contributed by atoms with Crippen molar-refractivity contribution in [3.05, 3.63) is 20.8 Å². The highest BCUT2D eigenvalue weighted by molar-refractivity contribution is 9.10. The molecular weight excluding hydrogens is 310 g/mol. The summed E-state index contributed by atoms with van der Waals surface area (Å²) in [4.78, 5) is 15.3. The maximum atomic E-state index is 12.2. The van der Waals surface area contributed by atoms with Crippen molar-refractivity contribution in [2.45, 2.75) is 38.6 Å². The van der Waals surface area contributed by atoms with Crippen LogP contribution in [0.2, 0.25) is 0 Å². The molecule has 18 heavy (non-hydrogen) atoms. The average Bonchev–Trinajstić information content (AvgIpc) is 2.76. The van der Waals surface area contributed by atoms with Crippen molar-refractivity contribution in [2.75, 3.05) is 13.6 Å². The highest BCUT2D eigenvalue weighted by Gasteiger charge is 2.24. The minimum atomic E-state index is 0.234. The molecule has 1 saturated carbocycles. The summed E-state index contributed by atoms with van der Waals surface area (Å²) in [5, 5.41) is 1.96. The van der Waals surface area contributed by atoms with E-state index in [2.05, 4.69) is 34.8 Å². The molecule has 4 heteroatoms. The first-order valence-corrected chi connectivity index (χ1v) is 8.21. The predicted octanol–water partition coefficient (Wildman–Crippen LogP) is 4.20. The van der Waals surface area contributed by atoms with Crippen LogP contribution in [-0.4, -0.2) is 30.3 Å². The van der Waals surface area contributed by atoms with Gasteiger partial charge in [0.15, 0.2) is 5.78 Å². The third-order valence-electron chi connectivity index (χ3n) is 3.87. The van der Waals surface area contributed by atoms with Gasteiger partial charge in [-0.1, -0.05) is 6.92 Å². The Kier molecular flexibility index (Phi) is 4.98. The Morgan fingerprint density at radius 3 is 2.67 bits per heavy atom. The third-order valence-corrected chi connectivity index (χ3v) is 5.75. The van der Waals surface area contributed by atoms with Crippen molar-refractivity contribution in [2.24, 2.45) is 5.92 Å². The summed E-state index contributed by atoms with van der Waals surface area (Å²) in [5.74, 6) is 1.09. The summed E-state index contributed by atoms with van der Waals surface area (Å²) in [6, 6.07) is 2.53. The first-order chi connectivity index (χ1) is 8.58.